The summed E-state index contributed by atoms with van der Waals surface area (Å²) in [5, 5.41) is 0. The number of hydrogen-bond acceptors (Lipinski definition) is 10. The molecule has 0 unspecified atom stereocenters. The largest absolute Gasteiger partial charge is 0.377 e. The lowest BCUT2D eigenvalue weighted by Crippen LogP contribution is -2.44. The van der Waals surface area contributed by atoms with Gasteiger partial charge in [-0.05, 0) is 37.6 Å². The summed E-state index contributed by atoms with van der Waals surface area (Å²) in [5.41, 5.74) is 7.25. The molecule has 3 N–H and O–H groups in total. The van der Waals surface area contributed by atoms with E-state index < -0.39 is 28.3 Å². The molecule has 4 heterocycles. The second-order valence-corrected chi connectivity index (χ2v) is 10.9. The highest BCUT2D eigenvalue weighted by Gasteiger charge is 2.25. The summed E-state index contributed by atoms with van der Waals surface area (Å²) < 4.78 is 60.3. The molecule has 0 radical (unpaired) electrons. The molecule has 11 nitrogen and oxygen atoms in total. The van der Waals surface area contributed by atoms with E-state index in [1.807, 2.05) is 6.92 Å². The molecule has 14 heteroatoms. The van der Waals surface area contributed by atoms with Gasteiger partial charge in [0, 0.05) is 24.5 Å². The van der Waals surface area contributed by atoms with E-state index in [9.17, 15) is 12.8 Å². The molecule has 0 spiro atoms. The maximum Gasteiger partial charge on any atom is 0.232 e. The van der Waals surface area contributed by atoms with Crippen molar-refractivity contribution >= 4 is 38.5 Å². The summed E-state index contributed by atoms with van der Waals surface area (Å²) in [5.74, 6) is -0.219. The van der Waals surface area contributed by atoms with Gasteiger partial charge in [0.2, 0.25) is 16.0 Å². The Hall–Kier alpha value is -4.04. The van der Waals surface area contributed by atoms with Crippen molar-refractivity contribution in [2.75, 3.05) is 47.5 Å². The SMILES string of the molecule is C[C@@H]1COCCN1c1nc(-c2cnc(N)nc2)nc2ccc(-c3cccc(NS(=O)(=O)CCCF)c3F)nc12. The number of fused-ring (bicyclic) bond motifs is 1. The standard InChI is InChI=1S/C25H26F2N8O3S/c1-15-14-38-10-9-35(15)24-22-20(32-23(33-24)16-12-29-25(28)30-13-16)7-6-18(31-22)17-4-2-5-19(21(17)27)34-39(36,37)11-3-8-26/h2,4-7,12-13,15,34H,3,8-11,14H2,1H3,(H2,28,29,30)/t15-/m1/s1. The van der Waals surface area contributed by atoms with E-state index >= 15 is 4.39 Å². The minimum atomic E-state index is -3.92. The van der Waals surface area contributed by atoms with Gasteiger partial charge in [-0.2, -0.15) is 0 Å². The number of hydrogen-bond donors (Lipinski definition) is 2. The van der Waals surface area contributed by atoms with Crippen LogP contribution in [0.4, 0.5) is 26.2 Å². The molecule has 5 rings (SSSR count). The molecule has 1 aliphatic heterocycles. The lowest BCUT2D eigenvalue weighted by Gasteiger charge is -2.34. The van der Waals surface area contributed by atoms with E-state index in [1.54, 1.807) is 12.1 Å². The fourth-order valence-electron chi connectivity index (χ4n) is 4.25. The molecule has 1 aliphatic rings. The number of aromatic nitrogens is 5. The Labute approximate surface area is 223 Å². The van der Waals surface area contributed by atoms with Crippen LogP contribution in [0.1, 0.15) is 13.3 Å². The third-order valence-corrected chi connectivity index (χ3v) is 7.54. The molecular weight excluding hydrogens is 530 g/mol. The van der Waals surface area contributed by atoms with E-state index in [-0.39, 0.29) is 35.4 Å². The highest BCUT2D eigenvalue weighted by Crippen LogP contribution is 2.33. The number of nitrogens with zero attached hydrogens (tertiary/aromatic N) is 6. The van der Waals surface area contributed by atoms with Crippen molar-refractivity contribution in [3.05, 3.63) is 48.5 Å². The van der Waals surface area contributed by atoms with Crippen LogP contribution in [0.15, 0.2) is 42.7 Å². The number of rotatable bonds is 8. The summed E-state index contributed by atoms with van der Waals surface area (Å²) in [6.45, 7) is 2.76. The number of benzene rings is 1. The molecule has 1 aromatic carbocycles. The average molecular weight is 557 g/mol. The normalized spacial score (nSPS) is 16.0. The Morgan fingerprint density at radius 2 is 1.95 bits per heavy atom. The van der Waals surface area contributed by atoms with Crippen LogP contribution in [0.3, 0.4) is 0 Å². The predicted molar refractivity (Wildman–Crippen MR) is 144 cm³/mol. The Balaban J connectivity index is 1.61. The fourth-order valence-corrected chi connectivity index (χ4v) is 5.33. The van der Waals surface area contributed by atoms with Gasteiger partial charge in [0.1, 0.15) is 5.52 Å². The minimum absolute atomic E-state index is 0.0170. The van der Waals surface area contributed by atoms with Crippen LogP contribution in [0.25, 0.3) is 33.7 Å². The lowest BCUT2D eigenvalue weighted by atomic mass is 10.1. The lowest BCUT2D eigenvalue weighted by molar-refractivity contribution is 0.0987. The van der Waals surface area contributed by atoms with Crippen molar-refractivity contribution in [1.29, 1.82) is 0 Å². The van der Waals surface area contributed by atoms with Crippen molar-refractivity contribution in [3.63, 3.8) is 0 Å². The van der Waals surface area contributed by atoms with Gasteiger partial charge in [0.15, 0.2) is 17.5 Å². The molecule has 0 aliphatic carbocycles. The molecule has 0 saturated carbocycles. The zero-order valence-corrected chi connectivity index (χ0v) is 21.8. The third-order valence-electron chi connectivity index (χ3n) is 6.18. The number of nitrogens with one attached hydrogen (secondary N) is 1. The Bertz CT molecular complexity index is 1610. The van der Waals surface area contributed by atoms with Gasteiger partial charge in [0.05, 0.1) is 54.1 Å². The van der Waals surface area contributed by atoms with Gasteiger partial charge >= 0.3 is 0 Å². The molecule has 39 heavy (non-hydrogen) atoms. The number of morpholine rings is 1. The molecule has 1 atom stereocenters. The smallest absolute Gasteiger partial charge is 0.232 e. The fraction of sp³-hybridized carbons (Fsp3) is 0.320. The highest BCUT2D eigenvalue weighted by molar-refractivity contribution is 7.92. The summed E-state index contributed by atoms with van der Waals surface area (Å²) >= 11 is 0. The van der Waals surface area contributed by atoms with Crippen LogP contribution in [-0.2, 0) is 14.8 Å². The Kier molecular flexibility index (Phi) is 7.48. The zero-order chi connectivity index (χ0) is 27.6. The first-order valence-corrected chi connectivity index (χ1v) is 13.9. The molecule has 204 valence electrons. The summed E-state index contributed by atoms with van der Waals surface area (Å²) in [4.78, 5) is 24.3. The second-order valence-electron chi connectivity index (χ2n) is 9.01. The number of pyridine rings is 1. The van der Waals surface area contributed by atoms with E-state index in [0.717, 1.165) is 0 Å². The van der Waals surface area contributed by atoms with Crippen LogP contribution >= 0.6 is 0 Å². The molecule has 0 bridgehead atoms. The molecule has 1 fully saturated rings. The number of sulfonamides is 1. The summed E-state index contributed by atoms with van der Waals surface area (Å²) in [6, 6.07) is 7.61. The van der Waals surface area contributed by atoms with Gasteiger partial charge in [-0.15, -0.1) is 0 Å². The average Bonchev–Trinajstić information content (AvgIpc) is 2.93. The maximum atomic E-state index is 15.5. The zero-order valence-electron chi connectivity index (χ0n) is 21.0. The van der Waals surface area contributed by atoms with Crippen LogP contribution in [-0.4, -0.2) is 71.6 Å². The van der Waals surface area contributed by atoms with E-state index in [0.29, 0.717) is 48.0 Å². The Morgan fingerprint density at radius 1 is 1.15 bits per heavy atom. The first kappa shape index (κ1) is 26.6. The number of anilines is 3. The molecule has 4 aromatic rings. The summed E-state index contributed by atoms with van der Waals surface area (Å²) in [6.07, 6.45) is 2.89. The Morgan fingerprint density at radius 3 is 2.69 bits per heavy atom. The number of nitrogen functional groups attached to an aromatic ring is 1. The maximum absolute atomic E-state index is 15.5. The van der Waals surface area contributed by atoms with Crippen molar-refractivity contribution in [1.82, 2.24) is 24.9 Å². The minimum Gasteiger partial charge on any atom is -0.377 e. The van der Waals surface area contributed by atoms with Gasteiger partial charge in [-0.3, -0.25) is 9.11 Å². The van der Waals surface area contributed by atoms with Crippen molar-refractivity contribution in [2.24, 2.45) is 0 Å². The monoisotopic (exact) mass is 556 g/mol. The topological polar surface area (TPSA) is 149 Å². The van der Waals surface area contributed by atoms with Gasteiger partial charge in [-0.25, -0.2) is 37.7 Å². The van der Waals surface area contributed by atoms with E-state index in [4.69, 9.17) is 20.4 Å². The first-order chi connectivity index (χ1) is 18.8. The van der Waals surface area contributed by atoms with Crippen LogP contribution < -0.4 is 15.4 Å². The molecule has 3 aromatic heterocycles. The van der Waals surface area contributed by atoms with Gasteiger partial charge in [0.25, 0.3) is 0 Å². The molecule has 0 amide bonds. The van der Waals surface area contributed by atoms with Crippen molar-refractivity contribution in [3.8, 4) is 22.6 Å². The number of alkyl halides is 1. The van der Waals surface area contributed by atoms with Gasteiger partial charge in [-0.1, -0.05) is 6.07 Å². The summed E-state index contributed by atoms with van der Waals surface area (Å²) in [7, 11) is -3.92. The number of ether oxygens (including phenoxy) is 1. The predicted octanol–water partition coefficient (Wildman–Crippen LogP) is 3.20. The second kappa shape index (κ2) is 11.0. The number of nitrogens with two attached hydrogens (primary N) is 1. The van der Waals surface area contributed by atoms with Crippen molar-refractivity contribution < 1.29 is 21.9 Å². The van der Waals surface area contributed by atoms with E-state index in [2.05, 4.69) is 24.6 Å². The highest BCUT2D eigenvalue weighted by atomic mass is 32.2. The van der Waals surface area contributed by atoms with Crippen LogP contribution in [0.5, 0.6) is 0 Å². The van der Waals surface area contributed by atoms with Crippen LogP contribution in [0, 0.1) is 5.82 Å². The van der Waals surface area contributed by atoms with Crippen molar-refractivity contribution in [2.45, 2.75) is 19.4 Å². The number of halogens is 2. The van der Waals surface area contributed by atoms with Gasteiger partial charge < -0.3 is 15.4 Å². The molecular formula is C25H26F2N8O3S. The third kappa shape index (κ3) is 5.71. The van der Waals surface area contributed by atoms with Crippen LogP contribution in [0.2, 0.25) is 0 Å². The molecule has 1 saturated heterocycles. The quantitative estimate of drug-likeness (QED) is 0.331. The first-order valence-electron chi connectivity index (χ1n) is 12.2. The van der Waals surface area contributed by atoms with E-state index in [1.165, 1.54) is 30.6 Å².